The summed E-state index contributed by atoms with van der Waals surface area (Å²) in [7, 11) is 0. The normalized spacial score (nSPS) is 16.6. The molecule has 1 N–H and O–H groups in total. The van der Waals surface area contributed by atoms with Gasteiger partial charge in [-0.2, -0.15) is 0 Å². The molecule has 1 aliphatic heterocycles. The molecule has 0 aliphatic carbocycles. The molecule has 2 heterocycles. The van der Waals surface area contributed by atoms with Gasteiger partial charge in [-0.1, -0.05) is 41.9 Å². The van der Waals surface area contributed by atoms with E-state index in [0.717, 1.165) is 42.1 Å². The van der Waals surface area contributed by atoms with Crippen LogP contribution in [0.2, 0.25) is 5.02 Å². The fourth-order valence-corrected chi connectivity index (χ4v) is 3.56. The monoisotopic (exact) mass is 392 g/mol. The SMILES string of the molecule is O=C(Nc1ccc(Cl)cc1)[C@H]1CCCN(c2ccc(-c3ccccc3)nn2)C1. The maximum absolute atomic E-state index is 12.7. The van der Waals surface area contributed by atoms with Crippen LogP contribution in [0.25, 0.3) is 11.3 Å². The van der Waals surface area contributed by atoms with Gasteiger partial charge < -0.3 is 10.2 Å². The topological polar surface area (TPSA) is 58.1 Å². The number of nitrogens with zero attached hydrogens (tertiary/aromatic N) is 3. The van der Waals surface area contributed by atoms with E-state index in [0.29, 0.717) is 11.6 Å². The van der Waals surface area contributed by atoms with Crippen LogP contribution in [-0.4, -0.2) is 29.2 Å². The second-order valence-electron chi connectivity index (χ2n) is 6.92. The van der Waals surface area contributed by atoms with Gasteiger partial charge in [-0.05, 0) is 49.2 Å². The molecule has 0 unspecified atom stereocenters. The minimum absolute atomic E-state index is 0.0286. The number of anilines is 2. The molecule has 1 amide bonds. The Labute approximate surface area is 169 Å². The molecule has 0 spiro atoms. The molecule has 2 aromatic carbocycles. The van der Waals surface area contributed by atoms with Gasteiger partial charge in [0.15, 0.2) is 5.82 Å². The summed E-state index contributed by atoms with van der Waals surface area (Å²) in [5.74, 6) is 0.754. The molecule has 1 saturated heterocycles. The Morgan fingerprint density at radius 2 is 1.79 bits per heavy atom. The van der Waals surface area contributed by atoms with Crippen LogP contribution in [-0.2, 0) is 4.79 Å². The third-order valence-corrected chi connectivity index (χ3v) is 5.20. The Morgan fingerprint density at radius 3 is 2.50 bits per heavy atom. The van der Waals surface area contributed by atoms with Crippen molar-refractivity contribution in [3.63, 3.8) is 0 Å². The van der Waals surface area contributed by atoms with Crippen LogP contribution in [0, 0.1) is 5.92 Å². The van der Waals surface area contributed by atoms with Crippen molar-refractivity contribution in [2.45, 2.75) is 12.8 Å². The van der Waals surface area contributed by atoms with E-state index in [9.17, 15) is 4.79 Å². The molecule has 1 fully saturated rings. The number of carbonyl (C=O) groups excluding carboxylic acids is 1. The lowest BCUT2D eigenvalue weighted by Crippen LogP contribution is -2.41. The van der Waals surface area contributed by atoms with Crippen molar-refractivity contribution in [3.05, 3.63) is 71.8 Å². The first-order valence-corrected chi connectivity index (χ1v) is 9.77. The van der Waals surface area contributed by atoms with Gasteiger partial charge in [0.1, 0.15) is 0 Å². The molecule has 0 bridgehead atoms. The van der Waals surface area contributed by atoms with Crippen LogP contribution < -0.4 is 10.2 Å². The summed E-state index contributed by atoms with van der Waals surface area (Å²) < 4.78 is 0. The van der Waals surface area contributed by atoms with E-state index in [1.807, 2.05) is 54.6 Å². The minimum Gasteiger partial charge on any atom is -0.354 e. The third-order valence-electron chi connectivity index (χ3n) is 4.95. The number of carbonyl (C=O) groups is 1. The summed E-state index contributed by atoms with van der Waals surface area (Å²) in [6, 6.07) is 21.1. The number of nitrogens with one attached hydrogen (secondary N) is 1. The van der Waals surface area contributed by atoms with Crippen molar-refractivity contribution >= 4 is 29.0 Å². The number of halogens is 1. The molecular weight excluding hydrogens is 372 g/mol. The lowest BCUT2D eigenvalue weighted by Gasteiger charge is -2.32. The Balaban J connectivity index is 1.42. The van der Waals surface area contributed by atoms with Crippen LogP contribution >= 0.6 is 11.6 Å². The van der Waals surface area contributed by atoms with E-state index in [2.05, 4.69) is 20.4 Å². The number of benzene rings is 2. The number of amides is 1. The highest BCUT2D eigenvalue weighted by atomic mass is 35.5. The van der Waals surface area contributed by atoms with Crippen LogP contribution in [0.4, 0.5) is 11.5 Å². The number of hydrogen-bond acceptors (Lipinski definition) is 4. The van der Waals surface area contributed by atoms with E-state index in [1.54, 1.807) is 12.1 Å². The molecule has 5 nitrogen and oxygen atoms in total. The maximum Gasteiger partial charge on any atom is 0.229 e. The van der Waals surface area contributed by atoms with Crippen molar-refractivity contribution in [2.75, 3.05) is 23.3 Å². The predicted molar refractivity (Wildman–Crippen MR) is 112 cm³/mol. The second kappa shape index (κ2) is 8.40. The van der Waals surface area contributed by atoms with E-state index in [1.165, 1.54) is 0 Å². The van der Waals surface area contributed by atoms with Gasteiger partial charge in [0, 0.05) is 29.4 Å². The summed E-state index contributed by atoms with van der Waals surface area (Å²) in [5.41, 5.74) is 2.65. The highest BCUT2D eigenvalue weighted by Crippen LogP contribution is 2.24. The summed E-state index contributed by atoms with van der Waals surface area (Å²) in [6.45, 7) is 1.52. The van der Waals surface area contributed by atoms with Crippen LogP contribution in [0.1, 0.15) is 12.8 Å². The average molecular weight is 393 g/mol. The van der Waals surface area contributed by atoms with Gasteiger partial charge >= 0.3 is 0 Å². The summed E-state index contributed by atoms with van der Waals surface area (Å²) >= 11 is 5.90. The number of aromatic nitrogens is 2. The molecule has 0 radical (unpaired) electrons. The second-order valence-corrected chi connectivity index (χ2v) is 7.36. The van der Waals surface area contributed by atoms with Crippen molar-refractivity contribution in [3.8, 4) is 11.3 Å². The Morgan fingerprint density at radius 1 is 1.00 bits per heavy atom. The van der Waals surface area contributed by atoms with E-state index in [4.69, 9.17) is 11.6 Å². The summed E-state index contributed by atoms with van der Waals surface area (Å²) in [6.07, 6.45) is 1.81. The molecule has 142 valence electrons. The lowest BCUT2D eigenvalue weighted by molar-refractivity contribution is -0.120. The van der Waals surface area contributed by atoms with Crippen LogP contribution in [0.5, 0.6) is 0 Å². The van der Waals surface area contributed by atoms with E-state index >= 15 is 0 Å². The first-order chi connectivity index (χ1) is 13.7. The smallest absolute Gasteiger partial charge is 0.229 e. The van der Waals surface area contributed by atoms with Gasteiger partial charge in [-0.25, -0.2) is 0 Å². The molecule has 0 saturated carbocycles. The fourth-order valence-electron chi connectivity index (χ4n) is 3.43. The molecule has 1 atom stereocenters. The zero-order chi connectivity index (χ0) is 19.3. The fraction of sp³-hybridized carbons (Fsp3) is 0.227. The first kappa shape index (κ1) is 18.4. The van der Waals surface area contributed by atoms with Gasteiger partial charge in [0.05, 0.1) is 11.6 Å². The predicted octanol–water partition coefficient (Wildman–Crippen LogP) is 4.65. The van der Waals surface area contributed by atoms with Crippen LogP contribution in [0.3, 0.4) is 0 Å². The van der Waals surface area contributed by atoms with Crippen molar-refractivity contribution in [2.24, 2.45) is 5.92 Å². The molecule has 1 aliphatic rings. The molecular formula is C22H21ClN4O. The molecule has 1 aromatic heterocycles. The summed E-state index contributed by atoms with van der Waals surface area (Å²) in [4.78, 5) is 14.8. The standard InChI is InChI=1S/C22H21ClN4O/c23-18-8-10-19(11-9-18)24-22(28)17-7-4-14-27(15-17)21-13-12-20(25-26-21)16-5-2-1-3-6-16/h1-3,5-6,8-13,17H,4,7,14-15H2,(H,24,28)/t17-/m0/s1. The Hall–Kier alpha value is -2.92. The largest absolute Gasteiger partial charge is 0.354 e. The molecule has 6 heteroatoms. The van der Waals surface area contributed by atoms with Gasteiger partial charge in [0.2, 0.25) is 5.91 Å². The van der Waals surface area contributed by atoms with Crippen molar-refractivity contribution in [1.29, 1.82) is 0 Å². The summed E-state index contributed by atoms with van der Waals surface area (Å²) in [5, 5.41) is 12.4. The molecule has 4 rings (SSSR count). The van der Waals surface area contributed by atoms with Gasteiger partial charge in [0.25, 0.3) is 0 Å². The number of hydrogen-bond donors (Lipinski definition) is 1. The third kappa shape index (κ3) is 4.31. The zero-order valence-electron chi connectivity index (χ0n) is 15.4. The number of rotatable bonds is 4. The maximum atomic E-state index is 12.7. The zero-order valence-corrected chi connectivity index (χ0v) is 16.1. The average Bonchev–Trinajstić information content (AvgIpc) is 2.76. The quantitative estimate of drug-likeness (QED) is 0.702. The highest BCUT2D eigenvalue weighted by molar-refractivity contribution is 6.30. The Kier molecular flexibility index (Phi) is 5.53. The van der Waals surface area contributed by atoms with E-state index < -0.39 is 0 Å². The van der Waals surface area contributed by atoms with E-state index in [-0.39, 0.29) is 11.8 Å². The van der Waals surface area contributed by atoms with Gasteiger partial charge in [-0.3, -0.25) is 4.79 Å². The first-order valence-electron chi connectivity index (χ1n) is 9.39. The van der Waals surface area contributed by atoms with Crippen molar-refractivity contribution in [1.82, 2.24) is 10.2 Å². The van der Waals surface area contributed by atoms with Crippen LogP contribution in [0.15, 0.2) is 66.7 Å². The van der Waals surface area contributed by atoms with Crippen molar-refractivity contribution < 1.29 is 4.79 Å². The Bertz CT molecular complexity index is 929. The lowest BCUT2D eigenvalue weighted by atomic mass is 9.97. The minimum atomic E-state index is -0.0833. The number of piperidine rings is 1. The molecule has 28 heavy (non-hydrogen) atoms. The highest BCUT2D eigenvalue weighted by Gasteiger charge is 2.26. The van der Waals surface area contributed by atoms with Gasteiger partial charge in [-0.15, -0.1) is 10.2 Å². The molecule has 3 aromatic rings.